The smallest absolute Gasteiger partial charge is 0.162 e. The summed E-state index contributed by atoms with van der Waals surface area (Å²) >= 11 is 0. The molecular formula is C20H19N7O. The molecule has 0 atom stereocenters. The lowest BCUT2D eigenvalue weighted by atomic mass is 10.1. The van der Waals surface area contributed by atoms with E-state index in [1.165, 1.54) is 0 Å². The van der Waals surface area contributed by atoms with Crippen molar-refractivity contribution >= 4 is 5.82 Å². The second-order valence-corrected chi connectivity index (χ2v) is 6.49. The first-order valence-electron chi connectivity index (χ1n) is 9.08. The van der Waals surface area contributed by atoms with Gasteiger partial charge in [0.2, 0.25) is 0 Å². The summed E-state index contributed by atoms with van der Waals surface area (Å²) in [6.45, 7) is 2.31. The number of aromatic nitrogens is 4. The van der Waals surface area contributed by atoms with Crippen LogP contribution in [0.3, 0.4) is 0 Å². The van der Waals surface area contributed by atoms with Crippen molar-refractivity contribution in [2.45, 2.75) is 19.4 Å². The van der Waals surface area contributed by atoms with E-state index >= 15 is 0 Å². The zero-order valence-electron chi connectivity index (χ0n) is 15.2. The second kappa shape index (κ2) is 7.98. The van der Waals surface area contributed by atoms with Crippen molar-refractivity contribution in [3.8, 4) is 29.0 Å². The van der Waals surface area contributed by atoms with Gasteiger partial charge in [0.05, 0.1) is 23.4 Å². The summed E-state index contributed by atoms with van der Waals surface area (Å²) in [6.07, 6.45) is 7.23. The molecule has 1 aliphatic heterocycles. The first kappa shape index (κ1) is 17.8. The van der Waals surface area contributed by atoms with Gasteiger partial charge >= 0.3 is 0 Å². The number of nitrogens with two attached hydrogens (primary N) is 1. The van der Waals surface area contributed by atoms with Gasteiger partial charge in [0.1, 0.15) is 5.75 Å². The molecule has 0 unspecified atom stereocenters. The van der Waals surface area contributed by atoms with E-state index in [1.807, 2.05) is 6.07 Å². The topological polar surface area (TPSA) is 114 Å². The van der Waals surface area contributed by atoms with E-state index in [-0.39, 0.29) is 0 Å². The Kier molecular flexibility index (Phi) is 5.08. The van der Waals surface area contributed by atoms with Crippen molar-refractivity contribution in [1.29, 1.82) is 5.26 Å². The minimum Gasteiger partial charge on any atom is -0.455 e. The van der Waals surface area contributed by atoms with Gasteiger partial charge in [-0.3, -0.25) is 0 Å². The van der Waals surface area contributed by atoms with Crippen molar-refractivity contribution in [2.24, 2.45) is 5.73 Å². The van der Waals surface area contributed by atoms with Crippen LogP contribution in [0.5, 0.6) is 11.5 Å². The highest BCUT2D eigenvalue weighted by atomic mass is 16.5. The van der Waals surface area contributed by atoms with Crippen LogP contribution in [0.15, 0.2) is 42.9 Å². The van der Waals surface area contributed by atoms with Crippen molar-refractivity contribution in [2.75, 3.05) is 18.0 Å². The standard InChI is InChI=1S/C20H19N7O/c21-9-14-3-4-17(20-23-11-15(10-22)12-24-20)18(7-14)28-16-8-19(26-25-13-16)27-5-1-2-6-27/h3-4,7-8,11-13H,1-2,5-6,10,22H2. The molecule has 0 radical (unpaired) electrons. The zero-order valence-corrected chi connectivity index (χ0v) is 15.2. The normalized spacial score (nSPS) is 13.4. The number of nitrogens with zero attached hydrogens (tertiary/aromatic N) is 6. The largest absolute Gasteiger partial charge is 0.455 e. The van der Waals surface area contributed by atoms with Gasteiger partial charge in [0.25, 0.3) is 0 Å². The highest BCUT2D eigenvalue weighted by Crippen LogP contribution is 2.33. The Morgan fingerprint density at radius 2 is 1.89 bits per heavy atom. The number of benzene rings is 1. The van der Waals surface area contributed by atoms with Crippen LogP contribution in [0.25, 0.3) is 11.4 Å². The molecule has 2 N–H and O–H groups in total. The van der Waals surface area contributed by atoms with Gasteiger partial charge in [-0.25, -0.2) is 9.97 Å². The fourth-order valence-electron chi connectivity index (χ4n) is 3.08. The Labute approximate surface area is 162 Å². The summed E-state index contributed by atoms with van der Waals surface area (Å²) in [5.74, 6) is 2.32. The van der Waals surface area contributed by atoms with Crippen LogP contribution in [0.4, 0.5) is 5.82 Å². The minimum atomic E-state index is 0.374. The third-order valence-electron chi connectivity index (χ3n) is 4.57. The second-order valence-electron chi connectivity index (χ2n) is 6.49. The molecule has 1 aliphatic rings. The molecule has 0 spiro atoms. The van der Waals surface area contributed by atoms with Crippen LogP contribution in [0.1, 0.15) is 24.0 Å². The maximum absolute atomic E-state index is 9.27. The summed E-state index contributed by atoms with van der Waals surface area (Å²) in [5.41, 5.74) is 7.63. The molecule has 2 aromatic heterocycles. The Bertz CT molecular complexity index is 1010. The van der Waals surface area contributed by atoms with Crippen molar-refractivity contribution in [3.05, 3.63) is 54.0 Å². The van der Waals surface area contributed by atoms with E-state index in [9.17, 15) is 5.26 Å². The van der Waals surface area contributed by atoms with Crippen LogP contribution >= 0.6 is 0 Å². The maximum atomic E-state index is 9.27. The fourth-order valence-corrected chi connectivity index (χ4v) is 3.08. The van der Waals surface area contributed by atoms with Crippen molar-refractivity contribution < 1.29 is 4.74 Å². The van der Waals surface area contributed by atoms with Gasteiger partial charge in [0, 0.05) is 43.7 Å². The molecule has 8 heteroatoms. The number of nitriles is 1. The molecule has 3 heterocycles. The molecule has 3 aromatic rings. The average Bonchev–Trinajstić information content (AvgIpc) is 3.29. The monoisotopic (exact) mass is 373 g/mol. The molecule has 0 aliphatic carbocycles. The van der Waals surface area contributed by atoms with E-state index in [1.54, 1.807) is 36.8 Å². The molecule has 8 nitrogen and oxygen atoms in total. The van der Waals surface area contributed by atoms with Gasteiger partial charge in [-0.15, -0.1) is 5.10 Å². The van der Waals surface area contributed by atoms with E-state index in [0.717, 1.165) is 37.3 Å². The molecule has 140 valence electrons. The first-order valence-corrected chi connectivity index (χ1v) is 9.08. The Hall–Kier alpha value is -3.57. The van der Waals surface area contributed by atoms with Crippen molar-refractivity contribution in [1.82, 2.24) is 20.2 Å². The van der Waals surface area contributed by atoms with Gasteiger partial charge in [0.15, 0.2) is 17.4 Å². The lowest BCUT2D eigenvalue weighted by Gasteiger charge is -2.16. The highest BCUT2D eigenvalue weighted by Gasteiger charge is 2.16. The predicted octanol–water partition coefficient (Wildman–Crippen LogP) is 2.66. The van der Waals surface area contributed by atoms with E-state index in [2.05, 4.69) is 31.1 Å². The van der Waals surface area contributed by atoms with Crippen LogP contribution in [0, 0.1) is 11.3 Å². The van der Waals surface area contributed by atoms with Gasteiger partial charge in [-0.05, 0) is 31.0 Å². The fraction of sp³-hybridized carbons (Fsp3) is 0.250. The zero-order chi connectivity index (χ0) is 19.3. The summed E-state index contributed by atoms with van der Waals surface area (Å²) < 4.78 is 6.08. The molecule has 0 bridgehead atoms. The summed E-state index contributed by atoms with van der Waals surface area (Å²) in [7, 11) is 0. The van der Waals surface area contributed by atoms with Gasteiger partial charge in [-0.1, -0.05) is 0 Å². The predicted molar refractivity (Wildman–Crippen MR) is 104 cm³/mol. The van der Waals surface area contributed by atoms with E-state index in [4.69, 9.17) is 10.5 Å². The molecule has 4 rings (SSSR count). The summed E-state index contributed by atoms with van der Waals surface area (Å²) in [6, 6.07) is 9.16. The van der Waals surface area contributed by atoms with Gasteiger partial charge < -0.3 is 15.4 Å². The molecule has 0 saturated carbocycles. The number of rotatable bonds is 5. The third-order valence-corrected chi connectivity index (χ3v) is 4.57. The third kappa shape index (κ3) is 3.75. The van der Waals surface area contributed by atoms with E-state index < -0.39 is 0 Å². The Morgan fingerprint density at radius 3 is 2.61 bits per heavy atom. The van der Waals surface area contributed by atoms with Gasteiger partial charge in [-0.2, -0.15) is 10.4 Å². The molecule has 1 fully saturated rings. The molecule has 1 aromatic carbocycles. The minimum absolute atomic E-state index is 0.374. The van der Waals surface area contributed by atoms with Crippen LogP contribution in [-0.4, -0.2) is 33.3 Å². The molecule has 1 saturated heterocycles. The number of anilines is 1. The SMILES string of the molecule is N#Cc1ccc(-c2ncc(CN)cn2)c(Oc2cnnc(N3CCCC3)c2)c1. The molecule has 0 amide bonds. The lowest BCUT2D eigenvalue weighted by molar-refractivity contribution is 0.479. The lowest BCUT2D eigenvalue weighted by Crippen LogP contribution is -2.19. The van der Waals surface area contributed by atoms with Crippen molar-refractivity contribution in [3.63, 3.8) is 0 Å². The van der Waals surface area contributed by atoms with Crippen LogP contribution < -0.4 is 15.4 Å². The number of hydrogen-bond acceptors (Lipinski definition) is 8. The quantitative estimate of drug-likeness (QED) is 0.726. The molecule has 28 heavy (non-hydrogen) atoms. The summed E-state index contributed by atoms with van der Waals surface area (Å²) in [4.78, 5) is 10.9. The van der Waals surface area contributed by atoms with Crippen LogP contribution in [0.2, 0.25) is 0 Å². The average molecular weight is 373 g/mol. The molecular weight excluding hydrogens is 354 g/mol. The Morgan fingerprint density at radius 1 is 1.11 bits per heavy atom. The van der Waals surface area contributed by atoms with E-state index in [0.29, 0.717) is 35.0 Å². The number of hydrogen-bond donors (Lipinski definition) is 1. The summed E-state index contributed by atoms with van der Waals surface area (Å²) in [5, 5.41) is 17.5. The Balaban J connectivity index is 1.68. The maximum Gasteiger partial charge on any atom is 0.162 e. The first-order chi connectivity index (χ1) is 13.8. The van der Waals surface area contributed by atoms with Crippen LogP contribution in [-0.2, 0) is 6.54 Å². The number of ether oxygens (including phenoxy) is 1. The highest BCUT2D eigenvalue weighted by molar-refractivity contribution is 5.66.